The van der Waals surface area contributed by atoms with Gasteiger partial charge in [-0.15, -0.1) is 11.8 Å². The molecule has 1 aromatic carbocycles. The second-order valence-corrected chi connectivity index (χ2v) is 11.0. The van der Waals surface area contributed by atoms with Crippen LogP contribution in [0.15, 0.2) is 32.5 Å². The van der Waals surface area contributed by atoms with E-state index in [1.165, 1.54) is 11.3 Å². The molecule has 4 aliphatic rings. The van der Waals surface area contributed by atoms with Crippen molar-refractivity contribution >= 4 is 51.0 Å². The van der Waals surface area contributed by atoms with E-state index in [1.54, 1.807) is 17.8 Å². The summed E-state index contributed by atoms with van der Waals surface area (Å²) in [6, 6.07) is 5.54. The first-order chi connectivity index (χ1) is 13.4. The highest BCUT2D eigenvalue weighted by atomic mass is 79.9. The fraction of sp³-hybridized carbons (Fsp3) is 0.421. The predicted octanol–water partition coefficient (Wildman–Crippen LogP) is 3.31. The molecule has 144 valence electrons. The van der Waals surface area contributed by atoms with Gasteiger partial charge in [0.1, 0.15) is 5.75 Å². The molecule has 0 saturated heterocycles. The second-order valence-electron chi connectivity index (χ2n) is 7.90. The smallest absolute Gasteiger partial charge is 0.315 e. The van der Waals surface area contributed by atoms with Gasteiger partial charge in [-0.05, 0) is 42.4 Å². The van der Waals surface area contributed by atoms with Gasteiger partial charge < -0.3 is 14.8 Å². The lowest BCUT2D eigenvalue weighted by atomic mass is 9.66. The number of rotatable bonds is 1. The number of H-pyrrole nitrogens is 1. The van der Waals surface area contributed by atoms with E-state index in [9.17, 15) is 19.5 Å². The van der Waals surface area contributed by atoms with Crippen LogP contribution in [0.25, 0.3) is 0 Å². The predicted molar refractivity (Wildman–Crippen MR) is 106 cm³/mol. The number of carboxylic acid groups (broad SMARTS) is 1. The first-order valence-electron chi connectivity index (χ1n) is 9.07. The maximum absolute atomic E-state index is 13.0. The van der Waals surface area contributed by atoms with Gasteiger partial charge >= 0.3 is 16.8 Å². The monoisotopic (exact) mass is 479 g/mol. The van der Waals surface area contributed by atoms with Gasteiger partial charge in [0.2, 0.25) is 0 Å². The molecule has 2 saturated carbocycles. The number of fused-ring (bicyclic) bond motifs is 6. The Morgan fingerprint density at radius 2 is 2.11 bits per heavy atom. The SMILES string of the molecule is O=C(O)[C@@H]1[C@H]2C[C@H]3[C@@H]1C(=O)Oc1ccc(Br)cc1[C@H]1c4sc(=O)[nH]c4S[C@H]2[C@H]13. The zero-order valence-corrected chi connectivity index (χ0v) is 17.5. The van der Waals surface area contributed by atoms with Crippen LogP contribution < -0.4 is 9.61 Å². The molecule has 3 heterocycles. The van der Waals surface area contributed by atoms with Gasteiger partial charge in [-0.25, -0.2) is 0 Å². The van der Waals surface area contributed by atoms with Crippen molar-refractivity contribution in [2.24, 2.45) is 29.6 Å². The molecule has 0 radical (unpaired) electrons. The standard InChI is InChI=1S/C19H14BrNO5S2/c20-5-1-2-9-6(3-5)10-11-7-4-8(12(17(22)23)13(7)18(24)26-9)14(11)27-16-15(10)28-19(25)21-16/h1-3,7-8,10-14H,4H2,(H,21,25)(H,22,23)/t7-,8-,10-,11+,12-,13+,14-/m1/s1. The van der Waals surface area contributed by atoms with Gasteiger partial charge in [-0.2, -0.15) is 0 Å². The Labute approximate surface area is 175 Å². The number of aromatic nitrogens is 1. The third-order valence-corrected chi connectivity index (χ3v) is 9.87. The van der Waals surface area contributed by atoms with Crippen molar-refractivity contribution in [2.75, 3.05) is 0 Å². The van der Waals surface area contributed by atoms with E-state index < -0.39 is 23.8 Å². The number of esters is 1. The molecular weight excluding hydrogens is 466 g/mol. The molecule has 2 N–H and O–H groups in total. The first-order valence-corrected chi connectivity index (χ1v) is 11.6. The summed E-state index contributed by atoms with van der Waals surface area (Å²) in [6.45, 7) is 0. The molecule has 6 nitrogen and oxygen atoms in total. The second kappa shape index (κ2) is 5.73. The fourth-order valence-corrected chi connectivity index (χ4v) is 9.23. The normalized spacial score (nSPS) is 36.9. The quantitative estimate of drug-likeness (QED) is 0.481. The highest BCUT2D eigenvalue weighted by Gasteiger charge is 2.67. The summed E-state index contributed by atoms with van der Waals surface area (Å²) >= 11 is 6.33. The molecule has 0 unspecified atom stereocenters. The molecule has 9 heteroatoms. The van der Waals surface area contributed by atoms with Gasteiger partial charge in [0, 0.05) is 26.1 Å². The summed E-state index contributed by atoms with van der Waals surface area (Å²) < 4.78 is 6.63. The third-order valence-electron chi connectivity index (χ3n) is 6.79. The van der Waals surface area contributed by atoms with Crippen molar-refractivity contribution < 1.29 is 19.4 Å². The molecule has 2 aliphatic heterocycles. The van der Waals surface area contributed by atoms with Crippen molar-refractivity contribution in [3.05, 3.63) is 42.8 Å². The van der Waals surface area contributed by atoms with Crippen LogP contribution in [0.1, 0.15) is 22.8 Å². The number of hydrogen-bond acceptors (Lipinski definition) is 6. The number of nitrogens with one attached hydrogen (secondary N) is 1. The van der Waals surface area contributed by atoms with Crippen LogP contribution in [0.3, 0.4) is 0 Å². The van der Waals surface area contributed by atoms with Gasteiger partial charge in [-0.1, -0.05) is 27.3 Å². The lowest BCUT2D eigenvalue weighted by Gasteiger charge is -2.45. The number of benzene rings is 1. The van der Waals surface area contributed by atoms with E-state index >= 15 is 0 Å². The van der Waals surface area contributed by atoms with Crippen molar-refractivity contribution in [1.82, 2.24) is 4.98 Å². The van der Waals surface area contributed by atoms with Crippen LogP contribution in [-0.4, -0.2) is 27.3 Å². The average molecular weight is 480 g/mol. The van der Waals surface area contributed by atoms with Gasteiger partial charge in [0.15, 0.2) is 0 Å². The van der Waals surface area contributed by atoms with Gasteiger partial charge in [-0.3, -0.25) is 14.4 Å². The molecular formula is C19H14BrNO5S2. The van der Waals surface area contributed by atoms with E-state index in [0.717, 1.165) is 26.4 Å². The van der Waals surface area contributed by atoms with Crippen LogP contribution in [0.4, 0.5) is 0 Å². The van der Waals surface area contributed by atoms with Crippen molar-refractivity contribution in [2.45, 2.75) is 22.6 Å². The van der Waals surface area contributed by atoms with Crippen molar-refractivity contribution in [3.63, 3.8) is 0 Å². The van der Waals surface area contributed by atoms with Gasteiger partial charge in [0.05, 0.1) is 16.9 Å². The molecule has 1 aromatic heterocycles. The number of ether oxygens (including phenoxy) is 1. The fourth-order valence-electron chi connectivity index (χ4n) is 5.97. The molecule has 28 heavy (non-hydrogen) atoms. The minimum absolute atomic E-state index is 0.0430. The number of carboxylic acids is 1. The largest absolute Gasteiger partial charge is 0.481 e. The molecule has 2 aromatic rings. The van der Waals surface area contributed by atoms with Crippen LogP contribution in [0.2, 0.25) is 0 Å². The van der Waals surface area contributed by atoms with Crippen molar-refractivity contribution in [3.8, 4) is 5.75 Å². The lowest BCUT2D eigenvalue weighted by molar-refractivity contribution is -0.156. The Balaban J connectivity index is 1.64. The van der Waals surface area contributed by atoms with E-state index in [1.807, 2.05) is 12.1 Å². The molecule has 2 fully saturated rings. The van der Waals surface area contributed by atoms with Crippen LogP contribution >= 0.6 is 39.0 Å². The number of carbonyl (C=O) groups is 2. The molecule has 7 atom stereocenters. The zero-order valence-electron chi connectivity index (χ0n) is 14.3. The summed E-state index contributed by atoms with van der Waals surface area (Å²) in [5.41, 5.74) is 0.896. The summed E-state index contributed by atoms with van der Waals surface area (Å²) in [6.07, 6.45) is 0.720. The summed E-state index contributed by atoms with van der Waals surface area (Å²) in [5, 5.41) is 10.8. The molecule has 0 amide bonds. The zero-order chi connectivity index (χ0) is 19.3. The third kappa shape index (κ3) is 2.12. The maximum atomic E-state index is 13.0. The van der Waals surface area contributed by atoms with Crippen LogP contribution in [0, 0.1) is 29.6 Å². The average Bonchev–Trinajstić information content (AvgIpc) is 3.30. The van der Waals surface area contributed by atoms with E-state index in [4.69, 9.17) is 4.74 Å². The Hall–Kier alpha value is -1.58. The molecule has 2 aliphatic carbocycles. The first kappa shape index (κ1) is 17.3. The molecule has 2 bridgehead atoms. The summed E-state index contributed by atoms with van der Waals surface area (Å²) in [4.78, 5) is 41.0. The Bertz CT molecular complexity index is 1110. The molecule has 6 rings (SSSR count). The van der Waals surface area contributed by atoms with Gasteiger partial charge in [0.25, 0.3) is 0 Å². The number of carbonyl (C=O) groups excluding carboxylic acids is 1. The highest BCUT2D eigenvalue weighted by molar-refractivity contribution is 9.10. The minimum Gasteiger partial charge on any atom is -0.481 e. The van der Waals surface area contributed by atoms with E-state index in [0.29, 0.717) is 5.75 Å². The molecule has 0 spiro atoms. The van der Waals surface area contributed by atoms with E-state index in [2.05, 4.69) is 20.9 Å². The van der Waals surface area contributed by atoms with Crippen molar-refractivity contribution in [1.29, 1.82) is 0 Å². The number of aliphatic carboxylic acids is 1. The Morgan fingerprint density at radius 1 is 1.29 bits per heavy atom. The van der Waals surface area contributed by atoms with Crippen LogP contribution in [0.5, 0.6) is 5.75 Å². The number of aromatic amines is 1. The number of thioether (sulfide) groups is 1. The number of halogens is 1. The van der Waals surface area contributed by atoms with E-state index in [-0.39, 0.29) is 33.8 Å². The lowest BCUT2D eigenvalue weighted by Crippen LogP contribution is -2.49. The highest BCUT2D eigenvalue weighted by Crippen LogP contribution is 2.68. The Morgan fingerprint density at radius 3 is 2.89 bits per heavy atom. The maximum Gasteiger partial charge on any atom is 0.315 e. The summed E-state index contributed by atoms with van der Waals surface area (Å²) in [7, 11) is 0. The number of hydrogen-bond donors (Lipinski definition) is 2. The topological polar surface area (TPSA) is 96.5 Å². The minimum atomic E-state index is -0.925. The Kier molecular flexibility index (Phi) is 3.54. The summed E-state index contributed by atoms with van der Waals surface area (Å²) in [5.74, 6) is -2.33. The number of thiazole rings is 1. The van der Waals surface area contributed by atoms with Crippen LogP contribution in [-0.2, 0) is 9.59 Å².